The summed E-state index contributed by atoms with van der Waals surface area (Å²) in [6, 6.07) is 3.81. The number of amides is 1. The van der Waals surface area contributed by atoms with Crippen LogP contribution in [0.2, 0.25) is 5.02 Å². The van der Waals surface area contributed by atoms with Gasteiger partial charge in [0, 0.05) is 5.69 Å². The van der Waals surface area contributed by atoms with Crippen molar-refractivity contribution in [2.24, 2.45) is 5.92 Å². The first-order valence-electron chi connectivity index (χ1n) is 5.34. The molecular weight excluding hydrogens is 281 g/mol. The monoisotopic (exact) mass is 291 g/mol. The molecular formula is C11H11ClFNO3S. The fourth-order valence-electron chi connectivity index (χ4n) is 1.82. The van der Waals surface area contributed by atoms with E-state index in [0.717, 1.165) is 6.07 Å². The predicted molar refractivity (Wildman–Crippen MR) is 66.8 cm³/mol. The molecule has 1 heterocycles. The van der Waals surface area contributed by atoms with Gasteiger partial charge < -0.3 is 5.32 Å². The molecule has 1 fully saturated rings. The van der Waals surface area contributed by atoms with Crippen LogP contribution in [0.15, 0.2) is 18.2 Å². The first kappa shape index (κ1) is 13.3. The molecule has 18 heavy (non-hydrogen) atoms. The molecule has 0 unspecified atom stereocenters. The molecule has 0 bridgehead atoms. The summed E-state index contributed by atoms with van der Waals surface area (Å²) in [4.78, 5) is 11.8. The molecule has 1 N–H and O–H groups in total. The molecule has 1 saturated heterocycles. The van der Waals surface area contributed by atoms with E-state index in [0.29, 0.717) is 12.1 Å². The van der Waals surface area contributed by atoms with E-state index in [1.54, 1.807) is 0 Å². The standard InChI is InChI=1S/C11H11ClFNO3S/c12-9-5-8(1-2-10(9)13)14-11(15)7-3-4-18(16,17)6-7/h1-2,5,7H,3-4,6H2,(H,14,15)/t7-/m1/s1. The van der Waals surface area contributed by atoms with E-state index < -0.39 is 21.6 Å². The van der Waals surface area contributed by atoms with Gasteiger partial charge in [-0.2, -0.15) is 0 Å². The lowest BCUT2D eigenvalue weighted by Crippen LogP contribution is -2.23. The highest BCUT2D eigenvalue weighted by molar-refractivity contribution is 7.91. The van der Waals surface area contributed by atoms with Gasteiger partial charge in [0.25, 0.3) is 0 Å². The van der Waals surface area contributed by atoms with Gasteiger partial charge in [-0.1, -0.05) is 11.6 Å². The van der Waals surface area contributed by atoms with Crippen molar-refractivity contribution in [3.8, 4) is 0 Å². The molecule has 1 aliphatic rings. The Morgan fingerprint density at radius 3 is 2.72 bits per heavy atom. The van der Waals surface area contributed by atoms with Crippen LogP contribution in [0.4, 0.5) is 10.1 Å². The first-order chi connectivity index (χ1) is 8.37. The number of halogens is 2. The molecule has 0 saturated carbocycles. The second-order valence-corrected chi connectivity index (χ2v) is 6.85. The lowest BCUT2D eigenvalue weighted by molar-refractivity contribution is -0.119. The number of carbonyl (C=O) groups excluding carboxylic acids is 1. The third-order valence-corrected chi connectivity index (χ3v) is 4.85. The van der Waals surface area contributed by atoms with Crippen molar-refractivity contribution in [2.45, 2.75) is 6.42 Å². The summed E-state index contributed by atoms with van der Waals surface area (Å²) >= 11 is 5.58. The van der Waals surface area contributed by atoms with E-state index in [1.165, 1.54) is 12.1 Å². The van der Waals surface area contributed by atoms with Gasteiger partial charge in [-0.25, -0.2) is 12.8 Å². The predicted octanol–water partition coefficient (Wildman–Crippen LogP) is 1.85. The normalized spacial score (nSPS) is 21.8. The van der Waals surface area contributed by atoms with Gasteiger partial charge in [-0.15, -0.1) is 0 Å². The van der Waals surface area contributed by atoms with Crippen LogP contribution in [0.5, 0.6) is 0 Å². The van der Waals surface area contributed by atoms with Gasteiger partial charge in [0.05, 0.1) is 22.4 Å². The minimum Gasteiger partial charge on any atom is -0.326 e. The Kier molecular flexibility index (Phi) is 3.59. The maximum Gasteiger partial charge on any atom is 0.228 e. The van der Waals surface area contributed by atoms with Crippen molar-refractivity contribution in [2.75, 3.05) is 16.8 Å². The minimum absolute atomic E-state index is 0.0370. The summed E-state index contributed by atoms with van der Waals surface area (Å²) < 4.78 is 35.4. The zero-order valence-corrected chi connectivity index (χ0v) is 10.9. The Morgan fingerprint density at radius 2 is 2.17 bits per heavy atom. The van der Waals surface area contributed by atoms with Crippen molar-refractivity contribution < 1.29 is 17.6 Å². The molecule has 1 atom stereocenters. The summed E-state index contributed by atoms with van der Waals surface area (Å²) in [6.45, 7) is 0. The van der Waals surface area contributed by atoms with Crippen LogP contribution in [-0.4, -0.2) is 25.8 Å². The maximum absolute atomic E-state index is 12.9. The number of rotatable bonds is 2. The molecule has 1 aromatic carbocycles. The number of hydrogen-bond acceptors (Lipinski definition) is 3. The van der Waals surface area contributed by atoms with Crippen LogP contribution in [0.1, 0.15) is 6.42 Å². The zero-order chi connectivity index (χ0) is 13.3. The van der Waals surface area contributed by atoms with Gasteiger partial charge in [0.1, 0.15) is 5.82 Å². The fraction of sp³-hybridized carbons (Fsp3) is 0.364. The highest BCUT2D eigenvalue weighted by Crippen LogP contribution is 2.23. The fourth-order valence-corrected chi connectivity index (χ4v) is 3.74. The van der Waals surface area contributed by atoms with Gasteiger partial charge in [0.2, 0.25) is 5.91 Å². The highest BCUT2D eigenvalue weighted by atomic mass is 35.5. The number of nitrogens with one attached hydrogen (secondary N) is 1. The van der Waals surface area contributed by atoms with Gasteiger partial charge in [-0.3, -0.25) is 4.79 Å². The number of carbonyl (C=O) groups is 1. The van der Waals surface area contributed by atoms with Crippen molar-refractivity contribution >= 4 is 33.0 Å². The summed E-state index contributed by atoms with van der Waals surface area (Å²) in [5.74, 6) is -1.58. The average Bonchev–Trinajstić information content (AvgIpc) is 2.64. The summed E-state index contributed by atoms with van der Waals surface area (Å²) in [5, 5.41) is 2.44. The minimum atomic E-state index is -3.09. The third kappa shape index (κ3) is 3.00. The van der Waals surface area contributed by atoms with E-state index >= 15 is 0 Å². The molecule has 2 rings (SSSR count). The topological polar surface area (TPSA) is 63.2 Å². The number of sulfone groups is 1. The Labute approximate surface area is 109 Å². The quantitative estimate of drug-likeness (QED) is 0.904. The van der Waals surface area contributed by atoms with Crippen LogP contribution >= 0.6 is 11.6 Å². The van der Waals surface area contributed by atoms with E-state index in [4.69, 9.17) is 11.6 Å². The summed E-state index contributed by atoms with van der Waals surface area (Å²) in [5.41, 5.74) is 0.357. The van der Waals surface area contributed by atoms with Crippen molar-refractivity contribution in [1.82, 2.24) is 0 Å². The smallest absolute Gasteiger partial charge is 0.228 e. The van der Waals surface area contributed by atoms with Crippen molar-refractivity contribution in [1.29, 1.82) is 0 Å². The molecule has 1 aliphatic heterocycles. The lowest BCUT2D eigenvalue weighted by atomic mass is 10.1. The molecule has 0 aliphatic carbocycles. The average molecular weight is 292 g/mol. The van der Waals surface area contributed by atoms with Crippen LogP contribution in [-0.2, 0) is 14.6 Å². The molecule has 1 amide bonds. The van der Waals surface area contributed by atoms with Crippen LogP contribution in [0.25, 0.3) is 0 Å². The second kappa shape index (κ2) is 4.85. The van der Waals surface area contributed by atoms with Gasteiger partial charge >= 0.3 is 0 Å². The SMILES string of the molecule is O=C(Nc1ccc(F)c(Cl)c1)[C@@H]1CCS(=O)(=O)C1. The third-order valence-electron chi connectivity index (χ3n) is 2.79. The van der Waals surface area contributed by atoms with E-state index in [2.05, 4.69) is 5.32 Å². The maximum atomic E-state index is 12.9. The van der Waals surface area contributed by atoms with E-state index in [9.17, 15) is 17.6 Å². The molecule has 0 spiro atoms. The molecule has 98 valence electrons. The van der Waals surface area contributed by atoms with Crippen LogP contribution < -0.4 is 5.32 Å². The molecule has 4 nitrogen and oxygen atoms in total. The zero-order valence-electron chi connectivity index (χ0n) is 9.32. The lowest BCUT2D eigenvalue weighted by Gasteiger charge is -2.09. The summed E-state index contributed by atoms with van der Waals surface area (Å²) in [7, 11) is -3.09. The Hall–Kier alpha value is -1.14. The Balaban J connectivity index is 2.06. The number of benzene rings is 1. The van der Waals surface area contributed by atoms with Crippen LogP contribution in [0.3, 0.4) is 0 Å². The molecule has 7 heteroatoms. The number of hydrogen-bond donors (Lipinski definition) is 1. The van der Waals surface area contributed by atoms with Crippen LogP contribution in [0, 0.1) is 11.7 Å². The van der Waals surface area contributed by atoms with Gasteiger partial charge in [-0.05, 0) is 24.6 Å². The Morgan fingerprint density at radius 1 is 1.44 bits per heavy atom. The molecule has 0 radical (unpaired) electrons. The molecule has 0 aromatic heterocycles. The largest absolute Gasteiger partial charge is 0.326 e. The second-order valence-electron chi connectivity index (χ2n) is 4.22. The van der Waals surface area contributed by atoms with Gasteiger partial charge in [0.15, 0.2) is 9.84 Å². The van der Waals surface area contributed by atoms with E-state index in [1.807, 2.05) is 0 Å². The Bertz CT molecular complexity index is 588. The number of anilines is 1. The van der Waals surface area contributed by atoms with E-state index in [-0.39, 0.29) is 22.4 Å². The van der Waals surface area contributed by atoms with Crippen molar-refractivity contribution in [3.05, 3.63) is 29.0 Å². The summed E-state index contributed by atoms with van der Waals surface area (Å²) in [6.07, 6.45) is 0.323. The molecule has 1 aromatic rings. The van der Waals surface area contributed by atoms with Crippen molar-refractivity contribution in [3.63, 3.8) is 0 Å². The first-order valence-corrected chi connectivity index (χ1v) is 7.54. The highest BCUT2D eigenvalue weighted by Gasteiger charge is 2.32.